The van der Waals surface area contributed by atoms with Gasteiger partial charge < -0.3 is 0 Å². The molecule has 1 aromatic carbocycles. The van der Waals surface area contributed by atoms with Crippen LogP contribution in [0.15, 0.2) is 31.4 Å². The SMILES string of the molecule is C=Cc1ccc(C2C3(C)CC4CC(C)(C3)CC2(C23CC5CC(C)(CC(C)(C5)C2)C3)C4)cc1C=C. The quantitative estimate of drug-likeness (QED) is 0.425. The molecule has 8 fully saturated rings. The first kappa shape index (κ1) is 21.9. The first-order chi connectivity index (χ1) is 16.0. The van der Waals surface area contributed by atoms with Crippen molar-refractivity contribution >= 4 is 12.2 Å². The van der Waals surface area contributed by atoms with E-state index >= 15 is 0 Å². The predicted molar refractivity (Wildman–Crippen MR) is 144 cm³/mol. The molecule has 8 aliphatic rings. The van der Waals surface area contributed by atoms with Crippen molar-refractivity contribution in [3.05, 3.63) is 48.0 Å². The maximum Gasteiger partial charge on any atom is -0.00452 e. The molecule has 9 rings (SSSR count). The molecular weight excluding hydrogens is 408 g/mol. The summed E-state index contributed by atoms with van der Waals surface area (Å²) in [6.45, 7) is 19.1. The summed E-state index contributed by atoms with van der Waals surface area (Å²) in [5, 5.41) is 0. The third-order valence-electron chi connectivity index (χ3n) is 12.6. The molecule has 0 heterocycles. The summed E-state index contributed by atoms with van der Waals surface area (Å²) in [6, 6.07) is 7.40. The van der Waals surface area contributed by atoms with E-state index in [0.717, 1.165) is 11.8 Å². The van der Waals surface area contributed by atoms with Crippen LogP contribution < -0.4 is 0 Å². The van der Waals surface area contributed by atoms with Gasteiger partial charge in [-0.3, -0.25) is 0 Å². The van der Waals surface area contributed by atoms with E-state index in [-0.39, 0.29) is 0 Å². The van der Waals surface area contributed by atoms with E-state index in [1.807, 2.05) is 6.08 Å². The molecule has 0 radical (unpaired) electrons. The van der Waals surface area contributed by atoms with Crippen molar-refractivity contribution in [3.8, 4) is 0 Å². The minimum atomic E-state index is 0.438. The Morgan fingerprint density at radius 2 is 1.29 bits per heavy atom. The van der Waals surface area contributed by atoms with Crippen LogP contribution in [-0.4, -0.2) is 0 Å². The lowest BCUT2D eigenvalue weighted by Crippen LogP contribution is -2.69. The van der Waals surface area contributed by atoms with Gasteiger partial charge in [-0.15, -0.1) is 0 Å². The fourth-order valence-electron chi connectivity index (χ4n) is 13.9. The molecule has 0 spiro atoms. The van der Waals surface area contributed by atoms with E-state index in [1.54, 1.807) is 5.56 Å². The van der Waals surface area contributed by atoms with E-state index in [1.165, 1.54) is 81.8 Å². The van der Waals surface area contributed by atoms with Gasteiger partial charge in [0.15, 0.2) is 0 Å². The molecule has 7 unspecified atom stereocenters. The Hall–Kier alpha value is -1.30. The van der Waals surface area contributed by atoms with E-state index in [0.29, 0.717) is 38.4 Å². The number of rotatable bonds is 4. The largest absolute Gasteiger partial charge is 0.0984 e. The van der Waals surface area contributed by atoms with Crippen LogP contribution in [0.5, 0.6) is 0 Å². The van der Waals surface area contributed by atoms with Crippen LogP contribution in [-0.2, 0) is 0 Å². The second-order valence-corrected chi connectivity index (χ2v) is 16.1. The Kier molecular flexibility index (Phi) is 4.08. The summed E-state index contributed by atoms with van der Waals surface area (Å²) in [7, 11) is 0. The van der Waals surface area contributed by atoms with Crippen molar-refractivity contribution in [1.29, 1.82) is 0 Å². The highest BCUT2D eigenvalue weighted by Crippen LogP contribution is 2.84. The van der Waals surface area contributed by atoms with Gasteiger partial charge in [-0.05, 0) is 138 Å². The standard InChI is InChI=1S/C34H46/c1-7-25-9-10-27(11-26(25)8-2)28-32(6)15-24-14-31(5,19-32)22-34(28,17-24)33-16-23-12-29(3,20-33)18-30(4,13-23)21-33/h7-11,23-24,28H,1-2,12-22H2,3-6H3. The summed E-state index contributed by atoms with van der Waals surface area (Å²) >= 11 is 0. The molecule has 0 aliphatic heterocycles. The monoisotopic (exact) mass is 454 g/mol. The van der Waals surface area contributed by atoms with Crippen LogP contribution in [0.1, 0.15) is 121 Å². The van der Waals surface area contributed by atoms with Crippen molar-refractivity contribution in [2.75, 3.05) is 0 Å². The van der Waals surface area contributed by atoms with Crippen molar-refractivity contribution in [2.45, 2.75) is 104 Å². The number of hydrogen-bond acceptors (Lipinski definition) is 0. The Morgan fingerprint density at radius 1 is 0.676 bits per heavy atom. The van der Waals surface area contributed by atoms with Gasteiger partial charge in [0.05, 0.1) is 0 Å². The summed E-state index contributed by atoms with van der Waals surface area (Å²) in [5.74, 6) is 2.63. The lowest BCUT2D eigenvalue weighted by atomic mass is 9.25. The molecule has 0 aromatic heterocycles. The highest BCUT2D eigenvalue weighted by atomic mass is 14.8. The van der Waals surface area contributed by atoms with Crippen LogP contribution in [0.3, 0.4) is 0 Å². The molecule has 0 saturated heterocycles. The zero-order valence-electron chi connectivity index (χ0n) is 22.3. The van der Waals surface area contributed by atoms with Gasteiger partial charge in [0.1, 0.15) is 0 Å². The van der Waals surface area contributed by atoms with Crippen molar-refractivity contribution in [2.24, 2.45) is 44.3 Å². The molecular formula is C34H46. The molecule has 8 bridgehead atoms. The van der Waals surface area contributed by atoms with E-state index in [2.05, 4.69) is 65.1 Å². The maximum atomic E-state index is 4.19. The van der Waals surface area contributed by atoms with Gasteiger partial charge in [0.2, 0.25) is 0 Å². The molecule has 0 heteroatoms. The van der Waals surface area contributed by atoms with Crippen molar-refractivity contribution in [3.63, 3.8) is 0 Å². The highest BCUT2D eigenvalue weighted by Gasteiger charge is 2.75. The van der Waals surface area contributed by atoms with Gasteiger partial charge in [0.25, 0.3) is 0 Å². The molecule has 0 N–H and O–H groups in total. The van der Waals surface area contributed by atoms with Crippen LogP contribution >= 0.6 is 0 Å². The molecule has 8 aliphatic carbocycles. The Bertz CT molecular complexity index is 1070. The summed E-state index contributed by atoms with van der Waals surface area (Å²) in [4.78, 5) is 0. The molecule has 7 atom stereocenters. The van der Waals surface area contributed by atoms with Crippen molar-refractivity contribution < 1.29 is 0 Å². The normalized spacial score (nSPS) is 54.4. The second-order valence-electron chi connectivity index (χ2n) is 16.1. The highest BCUT2D eigenvalue weighted by molar-refractivity contribution is 5.64. The van der Waals surface area contributed by atoms with Crippen LogP contribution in [0.2, 0.25) is 0 Å². The molecule has 0 nitrogen and oxygen atoms in total. The molecule has 34 heavy (non-hydrogen) atoms. The Morgan fingerprint density at radius 3 is 1.88 bits per heavy atom. The molecule has 182 valence electrons. The fraction of sp³-hybridized carbons (Fsp3) is 0.706. The number of benzene rings is 1. The summed E-state index contributed by atoms with van der Waals surface area (Å²) in [5.41, 5.74) is 7.36. The second kappa shape index (κ2) is 6.33. The van der Waals surface area contributed by atoms with Gasteiger partial charge in [-0.25, -0.2) is 0 Å². The average Bonchev–Trinajstić information content (AvgIpc) is 2.68. The smallest absolute Gasteiger partial charge is 0.00452 e. The van der Waals surface area contributed by atoms with E-state index in [4.69, 9.17) is 0 Å². The predicted octanol–water partition coefficient (Wildman–Crippen LogP) is 9.66. The number of hydrogen-bond donors (Lipinski definition) is 0. The van der Waals surface area contributed by atoms with E-state index in [9.17, 15) is 0 Å². The van der Waals surface area contributed by atoms with Gasteiger partial charge in [0, 0.05) is 0 Å². The first-order valence-electron chi connectivity index (χ1n) is 14.4. The lowest BCUT2D eigenvalue weighted by molar-refractivity contribution is -0.275. The molecule has 1 aromatic rings. The maximum absolute atomic E-state index is 4.19. The van der Waals surface area contributed by atoms with Gasteiger partial charge >= 0.3 is 0 Å². The molecule has 8 saturated carbocycles. The third kappa shape index (κ3) is 2.67. The minimum absolute atomic E-state index is 0.438. The van der Waals surface area contributed by atoms with E-state index < -0.39 is 0 Å². The van der Waals surface area contributed by atoms with Crippen molar-refractivity contribution in [1.82, 2.24) is 0 Å². The van der Waals surface area contributed by atoms with Crippen LogP contribution in [0, 0.1) is 44.3 Å². The Balaban J connectivity index is 1.45. The summed E-state index contributed by atoms with van der Waals surface area (Å²) in [6.07, 6.45) is 20.5. The van der Waals surface area contributed by atoms with Gasteiger partial charge in [-0.1, -0.05) is 71.2 Å². The van der Waals surface area contributed by atoms with Crippen LogP contribution in [0.25, 0.3) is 12.2 Å². The topological polar surface area (TPSA) is 0 Å². The summed E-state index contributed by atoms with van der Waals surface area (Å²) < 4.78 is 0. The lowest BCUT2D eigenvalue weighted by Gasteiger charge is -2.79. The first-order valence-corrected chi connectivity index (χ1v) is 14.4. The minimum Gasteiger partial charge on any atom is -0.0984 e. The zero-order chi connectivity index (χ0) is 23.8. The molecule has 0 amide bonds. The fourth-order valence-corrected chi connectivity index (χ4v) is 13.9. The van der Waals surface area contributed by atoms with Gasteiger partial charge in [-0.2, -0.15) is 0 Å². The third-order valence-corrected chi connectivity index (χ3v) is 12.6. The van der Waals surface area contributed by atoms with Crippen LogP contribution in [0.4, 0.5) is 0 Å². The zero-order valence-corrected chi connectivity index (χ0v) is 22.3. The average molecular weight is 455 g/mol. The Labute approximate surface area is 208 Å².